The number of morpholine rings is 1. The maximum atomic E-state index is 11.2. The Morgan fingerprint density at radius 3 is 2.64 bits per heavy atom. The van der Waals surface area contributed by atoms with Crippen molar-refractivity contribution in [1.82, 2.24) is 15.5 Å². The first kappa shape index (κ1) is 22.1. The molecule has 2 N–H and O–H groups in total. The first-order valence-electron chi connectivity index (χ1n) is 10.1. The number of ether oxygens (including phenoxy) is 1. The smallest absolute Gasteiger partial charge is 0.274 e. The molecular formula is C20H33N5O3. The summed E-state index contributed by atoms with van der Waals surface area (Å²) in [6.07, 6.45) is 1.09. The summed E-state index contributed by atoms with van der Waals surface area (Å²) in [5.41, 5.74) is 0.713. The molecule has 2 rings (SSSR count). The van der Waals surface area contributed by atoms with Gasteiger partial charge in [-0.05, 0) is 19.3 Å². The van der Waals surface area contributed by atoms with Crippen molar-refractivity contribution in [3.8, 4) is 0 Å². The van der Waals surface area contributed by atoms with E-state index in [4.69, 9.17) is 4.74 Å². The highest BCUT2D eigenvalue weighted by molar-refractivity contribution is 5.79. The molecule has 0 radical (unpaired) electrons. The fourth-order valence-electron chi connectivity index (χ4n) is 3.39. The summed E-state index contributed by atoms with van der Waals surface area (Å²) in [6, 6.07) is 7.14. The van der Waals surface area contributed by atoms with E-state index in [1.165, 1.54) is 6.07 Å². The number of rotatable bonds is 9. The van der Waals surface area contributed by atoms with Gasteiger partial charge in [-0.25, -0.2) is 4.99 Å². The van der Waals surface area contributed by atoms with Gasteiger partial charge in [-0.1, -0.05) is 32.0 Å². The maximum Gasteiger partial charge on any atom is 0.274 e. The first-order chi connectivity index (χ1) is 13.5. The second-order valence-corrected chi connectivity index (χ2v) is 7.39. The largest absolute Gasteiger partial charge is 0.379 e. The molecule has 0 aliphatic carbocycles. The van der Waals surface area contributed by atoms with Crippen molar-refractivity contribution >= 4 is 11.6 Å². The van der Waals surface area contributed by atoms with Gasteiger partial charge in [-0.3, -0.25) is 15.0 Å². The molecule has 0 aromatic heterocycles. The number of nitro groups is 1. The van der Waals surface area contributed by atoms with Gasteiger partial charge in [0.25, 0.3) is 5.69 Å². The van der Waals surface area contributed by atoms with E-state index in [2.05, 4.69) is 34.4 Å². The molecule has 8 heteroatoms. The Labute approximate surface area is 167 Å². The van der Waals surface area contributed by atoms with Gasteiger partial charge in [0.2, 0.25) is 0 Å². The van der Waals surface area contributed by atoms with Crippen LogP contribution in [0.15, 0.2) is 29.3 Å². The van der Waals surface area contributed by atoms with Crippen molar-refractivity contribution in [2.24, 2.45) is 10.9 Å². The molecule has 1 aliphatic rings. The Kier molecular flexibility index (Phi) is 9.16. The van der Waals surface area contributed by atoms with Crippen molar-refractivity contribution < 1.29 is 9.66 Å². The lowest BCUT2D eigenvalue weighted by atomic mass is 10.0. The predicted molar refractivity (Wildman–Crippen MR) is 112 cm³/mol. The molecule has 1 aromatic rings. The monoisotopic (exact) mass is 391 g/mol. The molecule has 1 unspecified atom stereocenters. The number of nitrogens with zero attached hydrogens (tertiary/aromatic N) is 3. The zero-order valence-electron chi connectivity index (χ0n) is 17.2. The fourth-order valence-corrected chi connectivity index (χ4v) is 3.39. The Morgan fingerprint density at radius 2 is 2.00 bits per heavy atom. The highest BCUT2D eigenvalue weighted by atomic mass is 16.6. The van der Waals surface area contributed by atoms with Crippen LogP contribution in [0.2, 0.25) is 0 Å². The summed E-state index contributed by atoms with van der Waals surface area (Å²) in [4.78, 5) is 17.9. The van der Waals surface area contributed by atoms with Crippen LogP contribution in [0.4, 0.5) is 5.69 Å². The number of hydrogen-bond donors (Lipinski definition) is 2. The van der Waals surface area contributed by atoms with Gasteiger partial charge in [-0.15, -0.1) is 0 Å². The van der Waals surface area contributed by atoms with Crippen LogP contribution in [0.25, 0.3) is 0 Å². The quantitative estimate of drug-likeness (QED) is 0.291. The van der Waals surface area contributed by atoms with E-state index >= 15 is 0 Å². The van der Waals surface area contributed by atoms with Crippen molar-refractivity contribution in [2.45, 2.75) is 39.8 Å². The third kappa shape index (κ3) is 7.09. The minimum Gasteiger partial charge on any atom is -0.379 e. The third-order valence-electron chi connectivity index (χ3n) is 4.75. The van der Waals surface area contributed by atoms with Gasteiger partial charge in [-0.2, -0.15) is 0 Å². The van der Waals surface area contributed by atoms with Crippen LogP contribution in [0.1, 0.15) is 32.8 Å². The molecule has 1 heterocycles. The molecule has 1 saturated heterocycles. The van der Waals surface area contributed by atoms with Crippen LogP contribution in [0.5, 0.6) is 0 Å². The van der Waals surface area contributed by atoms with E-state index in [1.54, 1.807) is 18.2 Å². The highest BCUT2D eigenvalue weighted by Crippen LogP contribution is 2.18. The molecular weight excluding hydrogens is 358 g/mol. The zero-order valence-corrected chi connectivity index (χ0v) is 17.2. The molecule has 156 valence electrons. The summed E-state index contributed by atoms with van der Waals surface area (Å²) < 4.78 is 5.48. The van der Waals surface area contributed by atoms with Gasteiger partial charge in [0.05, 0.1) is 30.2 Å². The number of benzene rings is 1. The van der Waals surface area contributed by atoms with Gasteiger partial charge in [0, 0.05) is 38.3 Å². The first-order valence-corrected chi connectivity index (χ1v) is 10.1. The summed E-state index contributed by atoms with van der Waals surface area (Å²) in [5, 5.41) is 17.9. The van der Waals surface area contributed by atoms with Crippen molar-refractivity contribution in [3.05, 3.63) is 39.9 Å². The van der Waals surface area contributed by atoms with E-state index in [0.717, 1.165) is 45.8 Å². The van der Waals surface area contributed by atoms with E-state index in [0.29, 0.717) is 23.5 Å². The number of hydrogen-bond acceptors (Lipinski definition) is 5. The number of guanidine groups is 1. The Hall–Kier alpha value is -2.19. The van der Waals surface area contributed by atoms with Crippen molar-refractivity contribution in [3.63, 3.8) is 0 Å². The molecule has 1 atom stereocenters. The predicted octanol–water partition coefficient (Wildman–Crippen LogP) is 2.40. The number of nitro benzene ring substituents is 1. The fraction of sp³-hybridized carbons (Fsp3) is 0.650. The minimum absolute atomic E-state index is 0.105. The topological polar surface area (TPSA) is 92.0 Å². The van der Waals surface area contributed by atoms with Gasteiger partial charge in [0.1, 0.15) is 0 Å². The zero-order chi connectivity index (χ0) is 20.4. The van der Waals surface area contributed by atoms with Crippen LogP contribution >= 0.6 is 0 Å². The molecule has 0 spiro atoms. The summed E-state index contributed by atoms with van der Waals surface area (Å²) in [6.45, 7) is 11.7. The van der Waals surface area contributed by atoms with E-state index in [9.17, 15) is 10.1 Å². The highest BCUT2D eigenvalue weighted by Gasteiger charge is 2.22. The third-order valence-corrected chi connectivity index (χ3v) is 4.75. The van der Waals surface area contributed by atoms with Crippen molar-refractivity contribution in [2.75, 3.05) is 39.4 Å². The van der Waals surface area contributed by atoms with Crippen LogP contribution in [-0.2, 0) is 11.3 Å². The molecule has 0 saturated carbocycles. The average Bonchev–Trinajstić information content (AvgIpc) is 2.69. The molecule has 1 aliphatic heterocycles. The summed E-state index contributed by atoms with van der Waals surface area (Å²) in [5.74, 6) is 1.28. The second kappa shape index (κ2) is 11.6. The van der Waals surface area contributed by atoms with Crippen molar-refractivity contribution in [1.29, 1.82) is 0 Å². The normalized spacial score (nSPS) is 16.8. The van der Waals surface area contributed by atoms with Crippen LogP contribution < -0.4 is 10.6 Å². The Bertz CT molecular complexity index is 644. The lowest BCUT2D eigenvalue weighted by Crippen LogP contribution is -2.51. The van der Waals surface area contributed by atoms with Gasteiger partial charge in [0.15, 0.2) is 5.96 Å². The average molecular weight is 392 g/mol. The van der Waals surface area contributed by atoms with Crippen LogP contribution in [0, 0.1) is 16.0 Å². The maximum absolute atomic E-state index is 11.2. The lowest BCUT2D eigenvalue weighted by Gasteiger charge is -2.35. The molecule has 0 amide bonds. The minimum atomic E-state index is -0.359. The van der Waals surface area contributed by atoms with E-state index in [1.807, 2.05) is 6.92 Å². The van der Waals surface area contributed by atoms with Crippen LogP contribution in [0.3, 0.4) is 0 Å². The summed E-state index contributed by atoms with van der Waals surface area (Å²) in [7, 11) is 0. The molecule has 28 heavy (non-hydrogen) atoms. The number of para-hydroxylation sites is 1. The molecule has 1 fully saturated rings. The summed E-state index contributed by atoms with van der Waals surface area (Å²) >= 11 is 0. The Morgan fingerprint density at radius 1 is 1.29 bits per heavy atom. The van der Waals surface area contributed by atoms with Crippen LogP contribution in [-0.4, -0.2) is 61.2 Å². The molecule has 8 nitrogen and oxygen atoms in total. The SMILES string of the molecule is CCNC(=NCc1ccccc1[N+](=O)[O-])NCC(CC(C)C)N1CCOCC1. The molecule has 1 aromatic carbocycles. The van der Waals surface area contributed by atoms with Gasteiger partial charge < -0.3 is 15.4 Å². The van der Waals surface area contributed by atoms with Gasteiger partial charge >= 0.3 is 0 Å². The number of nitrogens with one attached hydrogen (secondary N) is 2. The Balaban J connectivity index is 2.03. The standard InChI is InChI=1S/C20H33N5O3/c1-4-21-20(22-14-17-7-5-6-8-19(17)25(26)27)23-15-18(13-16(2)3)24-9-11-28-12-10-24/h5-8,16,18H,4,9-15H2,1-3H3,(H2,21,22,23). The second-order valence-electron chi connectivity index (χ2n) is 7.39. The number of aliphatic imine (C=N–C) groups is 1. The van der Waals surface area contributed by atoms with E-state index < -0.39 is 0 Å². The van der Waals surface area contributed by atoms with E-state index in [-0.39, 0.29) is 17.2 Å². The lowest BCUT2D eigenvalue weighted by molar-refractivity contribution is -0.385. The molecule has 0 bridgehead atoms.